The van der Waals surface area contributed by atoms with Gasteiger partial charge in [0.05, 0.1) is 6.04 Å². The molecule has 0 amide bonds. The second-order valence-electron chi connectivity index (χ2n) is 5.87. The first kappa shape index (κ1) is 16.1. The molecular formula is C19H24ClN. The second-order valence-corrected chi connectivity index (χ2v) is 6.25. The molecule has 0 aromatic heterocycles. The molecule has 0 aliphatic rings. The van der Waals surface area contributed by atoms with Gasteiger partial charge in [-0.3, -0.25) is 0 Å². The van der Waals surface area contributed by atoms with Crippen molar-refractivity contribution in [2.24, 2.45) is 0 Å². The smallest absolute Gasteiger partial charge is 0.0594 e. The topological polar surface area (TPSA) is 12.0 Å². The van der Waals surface area contributed by atoms with E-state index >= 15 is 0 Å². The van der Waals surface area contributed by atoms with E-state index < -0.39 is 0 Å². The highest BCUT2D eigenvalue weighted by Gasteiger charge is 2.21. The summed E-state index contributed by atoms with van der Waals surface area (Å²) in [6.07, 6.45) is 0. The molecular weight excluding hydrogens is 278 g/mol. The number of nitrogens with one attached hydrogen (secondary N) is 1. The summed E-state index contributed by atoms with van der Waals surface area (Å²) in [5, 5.41) is 4.31. The molecule has 0 aliphatic carbocycles. The van der Waals surface area contributed by atoms with E-state index in [0.29, 0.717) is 0 Å². The average molecular weight is 302 g/mol. The largest absolute Gasteiger partial charge is 0.309 e. The molecule has 2 aromatic rings. The number of benzene rings is 2. The van der Waals surface area contributed by atoms with Gasteiger partial charge in [-0.15, -0.1) is 0 Å². The highest BCUT2D eigenvalue weighted by Crippen LogP contribution is 2.35. The third kappa shape index (κ3) is 2.86. The molecule has 2 rings (SSSR count). The minimum atomic E-state index is 0.121. The van der Waals surface area contributed by atoms with Crippen LogP contribution in [-0.2, 0) is 0 Å². The molecule has 0 spiro atoms. The molecule has 0 radical (unpaired) electrons. The van der Waals surface area contributed by atoms with Crippen molar-refractivity contribution in [2.45, 2.75) is 40.7 Å². The first-order valence-electron chi connectivity index (χ1n) is 7.38. The molecule has 2 aromatic carbocycles. The molecule has 1 unspecified atom stereocenters. The van der Waals surface area contributed by atoms with Gasteiger partial charge in [0.15, 0.2) is 0 Å². The lowest BCUT2D eigenvalue weighted by Gasteiger charge is -2.25. The number of hydrogen-bond donors (Lipinski definition) is 1. The highest BCUT2D eigenvalue weighted by atomic mass is 35.5. The van der Waals surface area contributed by atoms with E-state index in [1.54, 1.807) is 0 Å². The maximum absolute atomic E-state index is 6.56. The Labute approximate surface area is 133 Å². The van der Waals surface area contributed by atoms with E-state index in [2.05, 4.69) is 64.2 Å². The lowest BCUT2D eigenvalue weighted by molar-refractivity contribution is 0.681. The monoisotopic (exact) mass is 301 g/mol. The van der Waals surface area contributed by atoms with Gasteiger partial charge >= 0.3 is 0 Å². The van der Waals surface area contributed by atoms with Crippen molar-refractivity contribution < 1.29 is 0 Å². The summed E-state index contributed by atoms with van der Waals surface area (Å²) in [5.41, 5.74) is 8.96. The number of aryl methyl sites for hydroxylation is 3. The van der Waals surface area contributed by atoms with Crippen LogP contribution in [0.2, 0.25) is 5.02 Å². The van der Waals surface area contributed by atoms with Crippen molar-refractivity contribution in [1.82, 2.24) is 5.32 Å². The minimum absolute atomic E-state index is 0.121. The Morgan fingerprint density at radius 2 is 1.48 bits per heavy atom. The zero-order valence-corrected chi connectivity index (χ0v) is 14.5. The van der Waals surface area contributed by atoms with E-state index in [0.717, 1.165) is 16.1 Å². The van der Waals surface area contributed by atoms with Gasteiger partial charge in [-0.25, -0.2) is 0 Å². The van der Waals surface area contributed by atoms with Crippen molar-refractivity contribution in [3.8, 4) is 0 Å². The number of halogens is 1. The van der Waals surface area contributed by atoms with E-state index in [9.17, 15) is 0 Å². The Kier molecular flexibility index (Phi) is 4.75. The zero-order chi connectivity index (χ0) is 15.7. The Bertz CT molecular complexity index is 648. The summed E-state index contributed by atoms with van der Waals surface area (Å²) in [5.74, 6) is 0. The van der Waals surface area contributed by atoms with E-state index in [-0.39, 0.29) is 6.04 Å². The van der Waals surface area contributed by atoms with Gasteiger partial charge in [0, 0.05) is 5.02 Å². The van der Waals surface area contributed by atoms with Crippen LogP contribution >= 0.6 is 11.6 Å². The predicted molar refractivity (Wildman–Crippen MR) is 92.5 cm³/mol. The summed E-state index contributed by atoms with van der Waals surface area (Å²) in [4.78, 5) is 0. The lowest BCUT2D eigenvalue weighted by Crippen LogP contribution is -2.21. The van der Waals surface area contributed by atoms with Gasteiger partial charge in [-0.1, -0.05) is 35.9 Å². The van der Waals surface area contributed by atoms with Crippen LogP contribution in [0.25, 0.3) is 0 Å². The van der Waals surface area contributed by atoms with E-state index in [4.69, 9.17) is 11.6 Å². The normalized spacial score (nSPS) is 12.5. The summed E-state index contributed by atoms with van der Waals surface area (Å²) >= 11 is 6.56. The fraction of sp³-hybridized carbons (Fsp3) is 0.368. The summed E-state index contributed by atoms with van der Waals surface area (Å²) in [7, 11) is 2.00. The van der Waals surface area contributed by atoms with Crippen LogP contribution in [0.1, 0.15) is 45.0 Å². The van der Waals surface area contributed by atoms with Crippen LogP contribution in [0.4, 0.5) is 0 Å². The SMILES string of the molecule is CNC(c1cccc(C)c1Cl)c1c(C)c(C)cc(C)c1C. The van der Waals surface area contributed by atoms with Crippen molar-refractivity contribution >= 4 is 11.6 Å². The average Bonchev–Trinajstić information content (AvgIpc) is 2.45. The third-order valence-corrected chi connectivity index (χ3v) is 5.05. The first-order chi connectivity index (χ1) is 9.88. The summed E-state index contributed by atoms with van der Waals surface area (Å²) < 4.78 is 0. The van der Waals surface area contributed by atoms with Gasteiger partial charge < -0.3 is 5.32 Å². The van der Waals surface area contributed by atoms with Crippen molar-refractivity contribution in [3.05, 3.63) is 68.2 Å². The van der Waals surface area contributed by atoms with E-state index in [1.165, 1.54) is 27.8 Å². The van der Waals surface area contributed by atoms with Crippen LogP contribution in [-0.4, -0.2) is 7.05 Å². The van der Waals surface area contributed by atoms with Crippen LogP contribution in [0.3, 0.4) is 0 Å². The molecule has 21 heavy (non-hydrogen) atoms. The number of rotatable bonds is 3. The molecule has 2 heteroatoms. The maximum atomic E-state index is 6.56. The third-order valence-electron chi connectivity index (χ3n) is 4.53. The standard InChI is InChI=1S/C19H24ClN/c1-11-8-7-9-16(18(11)20)19(21-6)17-14(4)12(2)10-13(3)15(17)5/h7-10,19,21H,1-6H3. The molecule has 112 valence electrons. The molecule has 0 saturated heterocycles. The minimum Gasteiger partial charge on any atom is -0.309 e. The van der Waals surface area contributed by atoms with Crippen LogP contribution in [0, 0.1) is 34.6 Å². The first-order valence-corrected chi connectivity index (χ1v) is 7.75. The molecule has 0 bridgehead atoms. The van der Waals surface area contributed by atoms with Gasteiger partial charge in [-0.05, 0) is 80.6 Å². The van der Waals surface area contributed by atoms with Crippen LogP contribution < -0.4 is 5.32 Å². The molecule has 0 saturated carbocycles. The molecule has 1 nitrogen and oxygen atoms in total. The summed E-state index contributed by atoms with van der Waals surface area (Å²) in [6.45, 7) is 10.8. The van der Waals surface area contributed by atoms with Crippen LogP contribution in [0.5, 0.6) is 0 Å². The van der Waals surface area contributed by atoms with E-state index in [1.807, 2.05) is 7.05 Å². The number of hydrogen-bond acceptors (Lipinski definition) is 1. The Morgan fingerprint density at radius 3 is 2.00 bits per heavy atom. The fourth-order valence-corrected chi connectivity index (χ4v) is 3.26. The molecule has 1 N–H and O–H groups in total. The van der Waals surface area contributed by atoms with Gasteiger partial charge in [0.2, 0.25) is 0 Å². The Morgan fingerprint density at radius 1 is 0.905 bits per heavy atom. The van der Waals surface area contributed by atoms with Gasteiger partial charge in [0.25, 0.3) is 0 Å². The maximum Gasteiger partial charge on any atom is 0.0594 e. The van der Waals surface area contributed by atoms with Crippen molar-refractivity contribution in [2.75, 3.05) is 7.05 Å². The van der Waals surface area contributed by atoms with Gasteiger partial charge in [0.1, 0.15) is 0 Å². The molecule has 0 fully saturated rings. The quantitative estimate of drug-likeness (QED) is 0.822. The lowest BCUT2D eigenvalue weighted by atomic mass is 9.86. The Hall–Kier alpha value is -1.31. The highest BCUT2D eigenvalue weighted by molar-refractivity contribution is 6.32. The molecule has 1 atom stereocenters. The fourth-order valence-electron chi connectivity index (χ4n) is 3.03. The predicted octanol–water partition coefficient (Wildman–Crippen LogP) is 5.19. The van der Waals surface area contributed by atoms with Crippen molar-refractivity contribution in [1.29, 1.82) is 0 Å². The molecule has 0 aliphatic heterocycles. The zero-order valence-electron chi connectivity index (χ0n) is 13.8. The van der Waals surface area contributed by atoms with Crippen molar-refractivity contribution in [3.63, 3.8) is 0 Å². The molecule has 0 heterocycles. The second kappa shape index (κ2) is 6.21. The van der Waals surface area contributed by atoms with Gasteiger partial charge in [-0.2, -0.15) is 0 Å². The van der Waals surface area contributed by atoms with Crippen LogP contribution in [0.15, 0.2) is 24.3 Å². The Balaban J connectivity index is 2.71. The summed E-state index contributed by atoms with van der Waals surface area (Å²) in [6, 6.07) is 8.63.